The van der Waals surface area contributed by atoms with Crippen LogP contribution in [0.4, 0.5) is 10.1 Å². The zero-order chi connectivity index (χ0) is 26.1. The molecule has 1 aliphatic heterocycles. The maximum atomic E-state index is 13.3. The van der Waals surface area contributed by atoms with Crippen LogP contribution in [0.3, 0.4) is 0 Å². The van der Waals surface area contributed by atoms with Gasteiger partial charge in [-0.15, -0.1) is 11.8 Å². The van der Waals surface area contributed by atoms with E-state index in [-0.39, 0.29) is 23.2 Å². The lowest BCUT2D eigenvalue weighted by Gasteiger charge is -2.47. The number of hydrogen-bond acceptors (Lipinski definition) is 6. The lowest BCUT2D eigenvalue weighted by Crippen LogP contribution is -2.57. The summed E-state index contributed by atoms with van der Waals surface area (Å²) in [6.45, 7) is 0. The molecule has 37 heavy (non-hydrogen) atoms. The van der Waals surface area contributed by atoms with E-state index < -0.39 is 23.2 Å². The van der Waals surface area contributed by atoms with Gasteiger partial charge >= 0.3 is 0 Å². The Balaban J connectivity index is 1.40. The Morgan fingerprint density at radius 2 is 1.70 bits per heavy atom. The SMILES string of the molecule is O=C1[C@H](SC[C@@H](O)c2ccc(F)cc2)[C@@H](c2ccc(O)cc2O)N1c1ccc(-c2cncc(Cl)c2)cc1. The third-order valence-electron chi connectivity index (χ3n) is 6.25. The minimum atomic E-state index is -0.896. The van der Waals surface area contributed by atoms with Gasteiger partial charge in [-0.05, 0) is 53.6 Å². The number of aliphatic hydroxyl groups excluding tert-OH is 1. The summed E-state index contributed by atoms with van der Waals surface area (Å²) in [4.78, 5) is 19.0. The molecule has 0 spiro atoms. The van der Waals surface area contributed by atoms with Gasteiger partial charge in [0.25, 0.3) is 0 Å². The zero-order valence-electron chi connectivity index (χ0n) is 19.3. The summed E-state index contributed by atoms with van der Waals surface area (Å²) in [5.74, 6) is -0.589. The summed E-state index contributed by atoms with van der Waals surface area (Å²) >= 11 is 7.32. The van der Waals surface area contributed by atoms with E-state index in [1.165, 1.54) is 48.2 Å². The Morgan fingerprint density at radius 3 is 2.38 bits per heavy atom. The van der Waals surface area contributed by atoms with Crippen molar-refractivity contribution in [3.8, 4) is 22.6 Å². The summed E-state index contributed by atoms with van der Waals surface area (Å²) in [7, 11) is 0. The quantitative estimate of drug-likeness (QED) is 0.256. The highest BCUT2D eigenvalue weighted by atomic mass is 35.5. The molecule has 0 unspecified atom stereocenters. The van der Waals surface area contributed by atoms with Crippen molar-refractivity contribution in [2.75, 3.05) is 10.7 Å². The van der Waals surface area contributed by atoms with Crippen LogP contribution in [0.15, 0.2) is 85.2 Å². The van der Waals surface area contributed by atoms with Crippen molar-refractivity contribution < 1.29 is 24.5 Å². The second-order valence-electron chi connectivity index (χ2n) is 8.66. The predicted octanol–water partition coefficient (Wildman–Crippen LogP) is 5.88. The highest BCUT2D eigenvalue weighted by Gasteiger charge is 2.50. The van der Waals surface area contributed by atoms with E-state index in [1.54, 1.807) is 29.4 Å². The lowest BCUT2D eigenvalue weighted by molar-refractivity contribution is -0.123. The highest BCUT2D eigenvalue weighted by Crippen LogP contribution is 2.48. The number of aliphatic hydroxyl groups is 1. The van der Waals surface area contributed by atoms with E-state index in [2.05, 4.69) is 4.98 Å². The Labute approximate surface area is 222 Å². The molecule has 4 aromatic rings. The van der Waals surface area contributed by atoms with Crippen LogP contribution < -0.4 is 4.90 Å². The number of carbonyl (C=O) groups excluding carboxylic acids is 1. The molecule has 1 amide bonds. The number of thioether (sulfide) groups is 1. The first-order valence-electron chi connectivity index (χ1n) is 11.4. The molecule has 1 aromatic heterocycles. The number of β-lactam (4-membered cyclic amide) rings is 1. The van der Waals surface area contributed by atoms with Crippen molar-refractivity contribution in [1.29, 1.82) is 0 Å². The third kappa shape index (κ3) is 5.13. The normalized spacial score (nSPS) is 17.9. The van der Waals surface area contributed by atoms with Crippen LogP contribution in [-0.4, -0.2) is 37.2 Å². The number of phenolic OH excluding ortho intramolecular Hbond substituents is 2. The van der Waals surface area contributed by atoms with Crippen molar-refractivity contribution in [1.82, 2.24) is 4.98 Å². The average Bonchev–Trinajstić information content (AvgIpc) is 2.88. The number of amides is 1. The summed E-state index contributed by atoms with van der Waals surface area (Å²) in [6.07, 6.45) is 2.36. The molecule has 3 N–H and O–H groups in total. The minimum absolute atomic E-state index is 0.0890. The van der Waals surface area contributed by atoms with Gasteiger partial charge in [0.05, 0.1) is 17.2 Å². The fourth-order valence-corrected chi connectivity index (χ4v) is 5.82. The van der Waals surface area contributed by atoms with Crippen molar-refractivity contribution in [2.24, 2.45) is 0 Å². The average molecular weight is 537 g/mol. The van der Waals surface area contributed by atoms with Crippen molar-refractivity contribution >= 4 is 35.0 Å². The van der Waals surface area contributed by atoms with Gasteiger partial charge in [-0.2, -0.15) is 0 Å². The number of benzene rings is 3. The molecule has 3 aromatic carbocycles. The van der Waals surface area contributed by atoms with E-state index in [0.29, 0.717) is 21.8 Å². The molecule has 0 saturated carbocycles. The topological polar surface area (TPSA) is 93.9 Å². The van der Waals surface area contributed by atoms with Gasteiger partial charge < -0.3 is 20.2 Å². The van der Waals surface area contributed by atoms with E-state index in [9.17, 15) is 24.5 Å². The largest absolute Gasteiger partial charge is 0.508 e. The van der Waals surface area contributed by atoms with Gasteiger partial charge in [0.1, 0.15) is 22.6 Å². The molecule has 2 heterocycles. The Bertz CT molecular complexity index is 1440. The molecule has 1 fully saturated rings. The van der Waals surface area contributed by atoms with Gasteiger partial charge in [0.2, 0.25) is 5.91 Å². The molecule has 3 atom stereocenters. The second kappa shape index (κ2) is 10.4. The third-order valence-corrected chi connectivity index (χ3v) is 7.78. The van der Waals surface area contributed by atoms with Crippen LogP contribution in [0.2, 0.25) is 5.02 Å². The number of aromatic nitrogens is 1. The van der Waals surface area contributed by atoms with Crippen LogP contribution in [0.5, 0.6) is 11.5 Å². The van der Waals surface area contributed by atoms with Gasteiger partial charge in [0.15, 0.2) is 0 Å². The number of nitrogens with zero attached hydrogens (tertiary/aromatic N) is 2. The lowest BCUT2D eigenvalue weighted by atomic mass is 9.91. The maximum Gasteiger partial charge on any atom is 0.243 e. The molecule has 1 aliphatic rings. The molecule has 5 rings (SSSR count). The molecule has 6 nitrogen and oxygen atoms in total. The number of phenols is 2. The number of anilines is 1. The number of halogens is 2. The Kier molecular flexibility index (Phi) is 7.06. The number of pyridine rings is 1. The van der Waals surface area contributed by atoms with E-state index in [4.69, 9.17) is 11.6 Å². The fraction of sp³-hybridized carbons (Fsp3) is 0.143. The van der Waals surface area contributed by atoms with Crippen molar-refractivity contribution in [2.45, 2.75) is 17.4 Å². The standard InChI is InChI=1S/C28H22ClFN2O4S/c29-19-11-18(13-31-14-19)16-3-7-21(8-4-16)32-26(23-10-9-22(33)12-24(23)34)27(28(32)36)37-15-25(35)17-1-5-20(30)6-2-17/h1-14,25-27,33-35H,15H2/t25-,26-,27-/m1/s1. The van der Waals surface area contributed by atoms with Crippen molar-refractivity contribution in [3.05, 3.63) is 107 Å². The summed E-state index contributed by atoms with van der Waals surface area (Å²) in [6, 6.07) is 18.5. The highest BCUT2D eigenvalue weighted by molar-refractivity contribution is 8.00. The number of rotatable bonds is 7. The zero-order valence-corrected chi connectivity index (χ0v) is 20.9. The van der Waals surface area contributed by atoms with Gasteiger partial charge in [-0.3, -0.25) is 9.78 Å². The first-order valence-corrected chi connectivity index (χ1v) is 12.9. The fourth-order valence-electron chi connectivity index (χ4n) is 4.36. The first-order chi connectivity index (χ1) is 17.8. The molecule has 0 bridgehead atoms. The summed E-state index contributed by atoms with van der Waals surface area (Å²) in [5, 5.41) is 30.9. The van der Waals surface area contributed by atoms with Gasteiger partial charge in [-0.1, -0.05) is 35.9 Å². The van der Waals surface area contributed by atoms with Crippen LogP contribution in [0.25, 0.3) is 11.1 Å². The van der Waals surface area contributed by atoms with Crippen LogP contribution in [0.1, 0.15) is 23.3 Å². The molecule has 9 heteroatoms. The van der Waals surface area contributed by atoms with E-state index in [1.807, 2.05) is 24.3 Å². The van der Waals surface area contributed by atoms with Crippen LogP contribution >= 0.6 is 23.4 Å². The monoisotopic (exact) mass is 536 g/mol. The predicted molar refractivity (Wildman–Crippen MR) is 142 cm³/mol. The first kappa shape index (κ1) is 25.1. The van der Waals surface area contributed by atoms with Gasteiger partial charge in [0, 0.05) is 41.0 Å². The summed E-state index contributed by atoms with van der Waals surface area (Å²) < 4.78 is 13.2. The number of hydrogen-bond donors (Lipinski definition) is 3. The van der Waals surface area contributed by atoms with Crippen LogP contribution in [0, 0.1) is 5.82 Å². The molecular weight excluding hydrogens is 515 g/mol. The number of carbonyl (C=O) groups is 1. The summed E-state index contributed by atoms with van der Waals surface area (Å²) in [5.41, 5.74) is 3.38. The van der Waals surface area contributed by atoms with Gasteiger partial charge in [-0.25, -0.2) is 4.39 Å². The molecular formula is C28H22ClFN2O4S. The molecule has 0 aliphatic carbocycles. The van der Waals surface area contributed by atoms with Crippen molar-refractivity contribution in [3.63, 3.8) is 0 Å². The molecule has 0 radical (unpaired) electrons. The smallest absolute Gasteiger partial charge is 0.243 e. The Morgan fingerprint density at radius 1 is 0.973 bits per heavy atom. The maximum absolute atomic E-state index is 13.3. The van der Waals surface area contributed by atoms with E-state index >= 15 is 0 Å². The van der Waals surface area contributed by atoms with Crippen LogP contribution in [-0.2, 0) is 4.79 Å². The molecule has 188 valence electrons. The molecule has 1 saturated heterocycles. The minimum Gasteiger partial charge on any atom is -0.508 e. The second-order valence-corrected chi connectivity index (χ2v) is 10.3. The number of aromatic hydroxyl groups is 2. The van der Waals surface area contributed by atoms with E-state index in [0.717, 1.165) is 11.1 Å². The Hall–Kier alpha value is -3.59.